The van der Waals surface area contributed by atoms with Crippen LogP contribution < -0.4 is 11.1 Å². The minimum absolute atomic E-state index is 0.231. The smallest absolute Gasteiger partial charge is 0.354 e. The van der Waals surface area contributed by atoms with Crippen molar-refractivity contribution in [2.24, 2.45) is 5.73 Å². The fourth-order valence-electron chi connectivity index (χ4n) is 3.03. The van der Waals surface area contributed by atoms with E-state index in [9.17, 15) is 18.0 Å². The number of nitrogens with one attached hydrogen (secondary N) is 1. The van der Waals surface area contributed by atoms with E-state index in [1.807, 2.05) is 6.92 Å². The van der Waals surface area contributed by atoms with Crippen LogP contribution in [0.15, 0.2) is 24.3 Å². The van der Waals surface area contributed by atoms with Gasteiger partial charge in [-0.15, -0.1) is 0 Å². The molecule has 1 fully saturated rings. The van der Waals surface area contributed by atoms with Crippen molar-refractivity contribution < 1.29 is 18.0 Å². The number of nitrogens with two attached hydrogens (primary N) is 1. The maximum Gasteiger partial charge on any atom is 0.416 e. The third kappa shape index (κ3) is 4.05. The predicted octanol–water partition coefficient (Wildman–Crippen LogP) is 3.37. The monoisotopic (exact) mass is 328 g/mol. The van der Waals surface area contributed by atoms with Crippen LogP contribution in [0.25, 0.3) is 0 Å². The summed E-state index contributed by atoms with van der Waals surface area (Å²) in [6.07, 6.45) is -0.439. The molecule has 1 unspecified atom stereocenters. The van der Waals surface area contributed by atoms with Crippen molar-refractivity contribution in [3.8, 4) is 0 Å². The number of hydrogen-bond acceptors (Lipinski definition) is 2. The predicted molar refractivity (Wildman–Crippen MR) is 82.9 cm³/mol. The first kappa shape index (κ1) is 17.8. The zero-order valence-electron chi connectivity index (χ0n) is 13.2. The number of rotatable bonds is 6. The quantitative estimate of drug-likeness (QED) is 0.841. The number of benzene rings is 1. The molecule has 1 aliphatic carbocycles. The van der Waals surface area contributed by atoms with Crippen LogP contribution in [-0.4, -0.2) is 18.5 Å². The van der Waals surface area contributed by atoms with E-state index in [-0.39, 0.29) is 5.91 Å². The average Bonchev–Trinajstić information content (AvgIpc) is 2.45. The summed E-state index contributed by atoms with van der Waals surface area (Å²) in [7, 11) is 0. The Balaban J connectivity index is 2.11. The SMILES string of the molecule is CCCC(N)C(=O)NCC1(c2cccc(C(F)(F)F)c2)CCC1. The number of halogens is 3. The second kappa shape index (κ2) is 6.91. The molecule has 0 saturated heterocycles. The van der Waals surface area contributed by atoms with E-state index in [1.54, 1.807) is 6.07 Å². The number of amides is 1. The van der Waals surface area contributed by atoms with Gasteiger partial charge in [-0.3, -0.25) is 4.79 Å². The van der Waals surface area contributed by atoms with Gasteiger partial charge in [0, 0.05) is 12.0 Å². The molecule has 1 atom stereocenters. The number of carbonyl (C=O) groups is 1. The van der Waals surface area contributed by atoms with Gasteiger partial charge in [-0.1, -0.05) is 38.0 Å². The molecular formula is C17H23F3N2O. The van der Waals surface area contributed by atoms with Crippen molar-refractivity contribution in [2.75, 3.05) is 6.54 Å². The van der Waals surface area contributed by atoms with Gasteiger partial charge in [0.15, 0.2) is 0 Å². The molecule has 23 heavy (non-hydrogen) atoms. The first-order valence-corrected chi connectivity index (χ1v) is 7.99. The lowest BCUT2D eigenvalue weighted by atomic mass is 9.64. The molecule has 1 aromatic rings. The molecule has 1 saturated carbocycles. The molecule has 128 valence electrons. The average molecular weight is 328 g/mol. The molecule has 2 rings (SSSR count). The summed E-state index contributed by atoms with van der Waals surface area (Å²) in [5.41, 5.74) is 5.37. The Morgan fingerprint density at radius 2 is 2.09 bits per heavy atom. The lowest BCUT2D eigenvalue weighted by Crippen LogP contribution is -2.49. The van der Waals surface area contributed by atoms with Crippen molar-refractivity contribution in [3.05, 3.63) is 35.4 Å². The van der Waals surface area contributed by atoms with Gasteiger partial charge in [-0.25, -0.2) is 0 Å². The highest BCUT2D eigenvalue weighted by molar-refractivity contribution is 5.81. The maximum absolute atomic E-state index is 12.9. The lowest BCUT2D eigenvalue weighted by Gasteiger charge is -2.43. The topological polar surface area (TPSA) is 55.1 Å². The van der Waals surface area contributed by atoms with Crippen LogP contribution >= 0.6 is 0 Å². The summed E-state index contributed by atoms with van der Waals surface area (Å²) in [5.74, 6) is -0.231. The van der Waals surface area contributed by atoms with Crippen LogP contribution in [0.5, 0.6) is 0 Å². The Morgan fingerprint density at radius 3 is 2.61 bits per heavy atom. The molecule has 1 amide bonds. The molecule has 0 bridgehead atoms. The highest BCUT2D eigenvalue weighted by Gasteiger charge is 2.40. The Morgan fingerprint density at radius 1 is 1.39 bits per heavy atom. The molecular weight excluding hydrogens is 305 g/mol. The molecule has 0 spiro atoms. The molecule has 1 aromatic carbocycles. The third-order valence-electron chi connectivity index (χ3n) is 4.65. The van der Waals surface area contributed by atoms with E-state index in [0.29, 0.717) is 18.5 Å². The summed E-state index contributed by atoms with van der Waals surface area (Å²) < 4.78 is 38.7. The summed E-state index contributed by atoms with van der Waals surface area (Å²) in [6.45, 7) is 2.29. The Kier molecular flexibility index (Phi) is 5.34. The summed E-state index contributed by atoms with van der Waals surface area (Å²) >= 11 is 0. The van der Waals surface area contributed by atoms with E-state index < -0.39 is 23.2 Å². The van der Waals surface area contributed by atoms with Gasteiger partial charge in [-0.2, -0.15) is 13.2 Å². The first-order chi connectivity index (χ1) is 10.8. The van der Waals surface area contributed by atoms with Gasteiger partial charge in [0.25, 0.3) is 0 Å². The molecule has 3 N–H and O–H groups in total. The van der Waals surface area contributed by atoms with Crippen LogP contribution in [0.2, 0.25) is 0 Å². The van der Waals surface area contributed by atoms with Gasteiger partial charge in [0.1, 0.15) is 0 Å². The van der Waals surface area contributed by atoms with Crippen molar-refractivity contribution in [2.45, 2.75) is 56.7 Å². The van der Waals surface area contributed by atoms with Crippen LogP contribution in [0.3, 0.4) is 0 Å². The van der Waals surface area contributed by atoms with E-state index in [1.165, 1.54) is 12.1 Å². The van der Waals surface area contributed by atoms with E-state index >= 15 is 0 Å². The van der Waals surface area contributed by atoms with E-state index in [2.05, 4.69) is 5.32 Å². The minimum Gasteiger partial charge on any atom is -0.354 e. The lowest BCUT2D eigenvalue weighted by molar-refractivity contribution is -0.137. The zero-order chi connectivity index (χ0) is 17.1. The molecule has 0 heterocycles. The number of hydrogen-bond donors (Lipinski definition) is 2. The van der Waals surface area contributed by atoms with Gasteiger partial charge in [-0.05, 0) is 30.9 Å². The van der Waals surface area contributed by atoms with E-state index in [0.717, 1.165) is 31.7 Å². The normalized spacial score (nSPS) is 18.1. The Labute approximate surface area is 134 Å². The molecule has 3 nitrogen and oxygen atoms in total. The fraction of sp³-hybridized carbons (Fsp3) is 0.588. The maximum atomic E-state index is 12.9. The summed E-state index contributed by atoms with van der Waals surface area (Å²) in [5, 5.41) is 2.82. The van der Waals surface area contributed by atoms with Gasteiger partial charge < -0.3 is 11.1 Å². The highest BCUT2D eigenvalue weighted by Crippen LogP contribution is 2.44. The Hall–Kier alpha value is -1.56. The number of alkyl halides is 3. The summed E-state index contributed by atoms with van der Waals surface area (Å²) in [4.78, 5) is 12.0. The minimum atomic E-state index is -4.35. The molecule has 0 aromatic heterocycles. The van der Waals surface area contributed by atoms with E-state index in [4.69, 9.17) is 5.73 Å². The van der Waals surface area contributed by atoms with Crippen molar-refractivity contribution in [3.63, 3.8) is 0 Å². The van der Waals surface area contributed by atoms with Crippen LogP contribution in [-0.2, 0) is 16.4 Å². The second-order valence-corrected chi connectivity index (χ2v) is 6.33. The largest absolute Gasteiger partial charge is 0.416 e. The molecule has 0 radical (unpaired) electrons. The van der Waals surface area contributed by atoms with Gasteiger partial charge in [0.2, 0.25) is 5.91 Å². The van der Waals surface area contributed by atoms with Crippen LogP contribution in [0.1, 0.15) is 50.2 Å². The zero-order valence-corrected chi connectivity index (χ0v) is 13.2. The first-order valence-electron chi connectivity index (χ1n) is 7.99. The van der Waals surface area contributed by atoms with Crippen molar-refractivity contribution in [1.29, 1.82) is 0 Å². The van der Waals surface area contributed by atoms with Gasteiger partial charge >= 0.3 is 6.18 Å². The summed E-state index contributed by atoms with van der Waals surface area (Å²) in [6, 6.07) is 4.87. The molecule has 0 aliphatic heterocycles. The second-order valence-electron chi connectivity index (χ2n) is 6.33. The van der Waals surface area contributed by atoms with Crippen molar-refractivity contribution >= 4 is 5.91 Å². The van der Waals surface area contributed by atoms with Crippen LogP contribution in [0.4, 0.5) is 13.2 Å². The fourth-order valence-corrected chi connectivity index (χ4v) is 3.03. The Bertz CT molecular complexity index is 553. The van der Waals surface area contributed by atoms with Crippen LogP contribution in [0, 0.1) is 0 Å². The highest BCUT2D eigenvalue weighted by atomic mass is 19.4. The molecule has 6 heteroatoms. The van der Waals surface area contributed by atoms with Crippen molar-refractivity contribution in [1.82, 2.24) is 5.32 Å². The molecule has 1 aliphatic rings. The third-order valence-corrected chi connectivity index (χ3v) is 4.65. The van der Waals surface area contributed by atoms with Gasteiger partial charge in [0.05, 0.1) is 11.6 Å². The number of carbonyl (C=O) groups excluding carboxylic acids is 1. The standard InChI is InChI=1S/C17H23F3N2O/c1-2-5-14(21)15(23)22-11-16(8-4-9-16)12-6-3-7-13(10-12)17(18,19)20/h3,6-7,10,14H,2,4-5,8-9,11,21H2,1H3,(H,22,23).